The van der Waals surface area contributed by atoms with Crippen LogP contribution in [0.4, 0.5) is 4.39 Å². The number of benzene rings is 1. The summed E-state index contributed by atoms with van der Waals surface area (Å²) in [5, 5.41) is 4.15. The first-order valence-electron chi connectivity index (χ1n) is 7.32. The summed E-state index contributed by atoms with van der Waals surface area (Å²) in [6.45, 7) is 1.81. The first-order valence-corrected chi connectivity index (χ1v) is 8.78. The minimum atomic E-state index is -0.323. The Morgan fingerprint density at radius 2 is 2.25 bits per heavy atom. The van der Waals surface area contributed by atoms with Crippen molar-refractivity contribution >= 4 is 29.9 Å². The van der Waals surface area contributed by atoms with Crippen LogP contribution in [0.3, 0.4) is 0 Å². The summed E-state index contributed by atoms with van der Waals surface area (Å²) in [5.74, 6) is 0.628. The van der Waals surface area contributed by atoms with Gasteiger partial charge < -0.3 is 9.15 Å². The Bertz CT molecular complexity index is 775. The highest BCUT2D eigenvalue weighted by atomic mass is 32.2. The number of carbonyl (C=O) groups is 1. The highest BCUT2D eigenvalue weighted by molar-refractivity contribution is 8.00. The lowest BCUT2D eigenvalue weighted by molar-refractivity contribution is -0.140. The molecule has 0 bridgehead atoms. The van der Waals surface area contributed by atoms with E-state index in [0.29, 0.717) is 24.7 Å². The number of nitrogens with zero attached hydrogens (tertiary/aromatic N) is 3. The van der Waals surface area contributed by atoms with Crippen LogP contribution in [0.5, 0.6) is 0 Å². The van der Waals surface area contributed by atoms with E-state index in [1.807, 2.05) is 0 Å². The van der Waals surface area contributed by atoms with Crippen molar-refractivity contribution in [3.63, 3.8) is 0 Å². The number of rotatable bonds is 4. The number of halogens is 1. The molecule has 1 atom stereocenters. The number of ether oxygens (including phenoxy) is 1. The van der Waals surface area contributed by atoms with E-state index >= 15 is 0 Å². The minimum absolute atomic E-state index is 0.207. The predicted molar refractivity (Wildman–Crippen MR) is 90.6 cm³/mol. The molecule has 0 saturated carbocycles. The van der Waals surface area contributed by atoms with Crippen molar-refractivity contribution in [2.45, 2.75) is 11.9 Å². The van der Waals surface area contributed by atoms with Crippen LogP contribution in [0, 0.1) is 10.7 Å². The second kappa shape index (κ2) is 7.45. The molecule has 0 unspecified atom stereocenters. The first-order chi connectivity index (χ1) is 11.6. The van der Waals surface area contributed by atoms with Gasteiger partial charge in [-0.3, -0.25) is 9.69 Å². The molecule has 2 heterocycles. The Kier molecular flexibility index (Phi) is 5.32. The number of hydrogen-bond donors (Lipinski definition) is 0. The third kappa shape index (κ3) is 3.85. The van der Waals surface area contributed by atoms with E-state index in [1.54, 1.807) is 28.6 Å². The molecule has 0 spiro atoms. The Morgan fingerprint density at radius 3 is 2.96 bits per heavy atom. The molecule has 128 valence electrons. The summed E-state index contributed by atoms with van der Waals surface area (Å²) in [6.07, 6.45) is 0. The van der Waals surface area contributed by atoms with Gasteiger partial charge in [0.05, 0.1) is 13.8 Å². The number of hydrogen-bond acceptors (Lipinski definition) is 7. The van der Waals surface area contributed by atoms with E-state index in [2.05, 4.69) is 10.00 Å². The van der Waals surface area contributed by atoms with E-state index in [9.17, 15) is 9.18 Å². The van der Waals surface area contributed by atoms with Crippen LogP contribution in [0.15, 0.2) is 28.7 Å². The normalized spacial score (nSPS) is 18.5. The van der Waals surface area contributed by atoms with Crippen molar-refractivity contribution in [3.8, 4) is 11.5 Å². The van der Waals surface area contributed by atoms with Gasteiger partial charge in [-0.1, -0.05) is 0 Å². The molecule has 24 heavy (non-hydrogen) atoms. The second-order valence-electron chi connectivity index (χ2n) is 5.28. The fourth-order valence-corrected chi connectivity index (χ4v) is 3.77. The van der Waals surface area contributed by atoms with Crippen molar-refractivity contribution in [1.29, 1.82) is 0 Å². The van der Waals surface area contributed by atoms with Gasteiger partial charge >= 0.3 is 5.97 Å². The van der Waals surface area contributed by atoms with Crippen LogP contribution in [0.1, 0.15) is 0 Å². The number of aromatic nitrogens is 2. The monoisotopic (exact) mass is 369 g/mol. The van der Waals surface area contributed by atoms with Crippen molar-refractivity contribution in [1.82, 2.24) is 14.7 Å². The standard InChI is InChI=1S/C15H16FN3O3S2/c1-21-14(20)12-8-18(6-7-24-12)9-19-15(23)22-13(17-19)10-2-4-11(16)5-3-10/h2-5,12H,6-9H2,1H3/t12-/m1/s1. The Hall–Kier alpha value is -1.71. The van der Waals surface area contributed by atoms with E-state index in [1.165, 1.54) is 19.2 Å². The number of methoxy groups -OCH3 is 1. The zero-order chi connectivity index (χ0) is 17.1. The summed E-state index contributed by atoms with van der Waals surface area (Å²) in [4.78, 5) is 14.0. The van der Waals surface area contributed by atoms with Crippen LogP contribution in [0.25, 0.3) is 11.5 Å². The van der Waals surface area contributed by atoms with E-state index < -0.39 is 0 Å². The average Bonchev–Trinajstić information content (AvgIpc) is 2.95. The van der Waals surface area contributed by atoms with Crippen molar-refractivity contribution in [2.75, 3.05) is 26.0 Å². The highest BCUT2D eigenvalue weighted by Gasteiger charge is 2.27. The quantitative estimate of drug-likeness (QED) is 0.606. The van der Waals surface area contributed by atoms with Gasteiger partial charge in [-0.2, -0.15) is 0 Å². The molecule has 1 aromatic heterocycles. The maximum Gasteiger partial charge on any atom is 0.320 e. The lowest BCUT2D eigenvalue weighted by Gasteiger charge is -2.30. The van der Waals surface area contributed by atoms with Crippen molar-refractivity contribution in [3.05, 3.63) is 34.9 Å². The largest absolute Gasteiger partial charge is 0.468 e. The number of esters is 1. The van der Waals surface area contributed by atoms with Gasteiger partial charge in [-0.15, -0.1) is 16.9 Å². The molecule has 0 radical (unpaired) electrons. The summed E-state index contributed by atoms with van der Waals surface area (Å²) in [6, 6.07) is 5.86. The third-order valence-electron chi connectivity index (χ3n) is 3.65. The van der Waals surface area contributed by atoms with Gasteiger partial charge in [-0.25, -0.2) is 9.07 Å². The van der Waals surface area contributed by atoms with Gasteiger partial charge in [0.25, 0.3) is 4.84 Å². The molecule has 0 amide bonds. The number of thioether (sulfide) groups is 1. The smallest absolute Gasteiger partial charge is 0.320 e. The highest BCUT2D eigenvalue weighted by Crippen LogP contribution is 2.22. The summed E-state index contributed by atoms with van der Waals surface area (Å²) in [7, 11) is 1.39. The zero-order valence-electron chi connectivity index (χ0n) is 13.0. The first kappa shape index (κ1) is 17.1. The molecule has 1 aromatic carbocycles. The van der Waals surface area contributed by atoms with Crippen LogP contribution < -0.4 is 0 Å². The van der Waals surface area contributed by atoms with E-state index in [4.69, 9.17) is 21.4 Å². The van der Waals surface area contributed by atoms with E-state index in [-0.39, 0.29) is 21.9 Å². The summed E-state index contributed by atoms with van der Waals surface area (Å²) in [5.41, 5.74) is 0.655. The molecule has 2 aromatic rings. The maximum atomic E-state index is 13.0. The fourth-order valence-electron chi connectivity index (χ4n) is 2.40. The van der Waals surface area contributed by atoms with Gasteiger partial charge in [0.15, 0.2) is 0 Å². The van der Waals surface area contributed by atoms with Gasteiger partial charge in [-0.05, 0) is 36.5 Å². The van der Waals surface area contributed by atoms with Crippen molar-refractivity contribution in [2.24, 2.45) is 0 Å². The van der Waals surface area contributed by atoms with Gasteiger partial charge in [0, 0.05) is 24.4 Å². The minimum Gasteiger partial charge on any atom is -0.468 e. The van der Waals surface area contributed by atoms with Crippen LogP contribution in [-0.4, -0.2) is 51.9 Å². The van der Waals surface area contributed by atoms with Crippen LogP contribution in [0.2, 0.25) is 0 Å². The lowest BCUT2D eigenvalue weighted by atomic mass is 10.2. The molecule has 1 aliphatic rings. The molecule has 1 aliphatic heterocycles. The van der Waals surface area contributed by atoms with Gasteiger partial charge in [0.1, 0.15) is 11.1 Å². The molecule has 1 saturated heterocycles. The Balaban J connectivity index is 1.73. The molecular weight excluding hydrogens is 353 g/mol. The maximum absolute atomic E-state index is 13.0. The van der Waals surface area contributed by atoms with E-state index in [0.717, 1.165) is 12.3 Å². The molecule has 0 aliphatic carbocycles. The number of carbonyl (C=O) groups excluding carboxylic acids is 1. The van der Waals surface area contributed by atoms with Crippen LogP contribution >= 0.6 is 24.0 Å². The molecular formula is C15H16FN3O3S2. The topological polar surface area (TPSA) is 60.5 Å². The predicted octanol–water partition coefficient (Wildman–Crippen LogP) is 2.56. The van der Waals surface area contributed by atoms with Crippen LogP contribution in [-0.2, 0) is 16.2 Å². The Labute approximate surface area is 147 Å². The fraction of sp³-hybridized carbons (Fsp3) is 0.400. The summed E-state index contributed by atoms with van der Waals surface area (Å²) >= 11 is 6.79. The SMILES string of the molecule is COC(=O)[C@H]1CN(Cn2nc(-c3ccc(F)cc3)oc2=S)CCS1. The Morgan fingerprint density at radius 1 is 1.50 bits per heavy atom. The molecule has 3 rings (SSSR count). The molecule has 6 nitrogen and oxygen atoms in total. The second-order valence-corrected chi connectivity index (χ2v) is 6.94. The molecule has 1 fully saturated rings. The average molecular weight is 369 g/mol. The zero-order valence-corrected chi connectivity index (χ0v) is 14.6. The lowest BCUT2D eigenvalue weighted by Crippen LogP contribution is -2.42. The third-order valence-corrected chi connectivity index (χ3v) is 5.10. The molecule has 0 N–H and O–H groups in total. The molecule has 9 heteroatoms. The summed E-state index contributed by atoms with van der Waals surface area (Å²) < 4.78 is 24.9. The van der Waals surface area contributed by atoms with Crippen molar-refractivity contribution < 1.29 is 18.3 Å². The van der Waals surface area contributed by atoms with Gasteiger partial charge in [0.2, 0.25) is 5.89 Å².